The standard InChI is InChI=1S/C7H8N2/c1-7-2-3-8-4-5-9-6-7/h2-6H,1H3. The van der Waals surface area contributed by atoms with Crippen LogP contribution >= 0.6 is 0 Å². The maximum Gasteiger partial charge on any atom is 0.0451 e. The smallest absolute Gasteiger partial charge is 0.0451 e. The van der Waals surface area contributed by atoms with Crippen LogP contribution in [0, 0.1) is 0 Å². The molecule has 1 aliphatic rings. The van der Waals surface area contributed by atoms with Crippen molar-refractivity contribution in [2.24, 2.45) is 9.98 Å². The summed E-state index contributed by atoms with van der Waals surface area (Å²) in [6.45, 7) is 1.98. The van der Waals surface area contributed by atoms with Crippen LogP contribution in [0.4, 0.5) is 0 Å². The molecule has 1 heterocycles. The van der Waals surface area contributed by atoms with Gasteiger partial charge in [-0.15, -0.1) is 0 Å². The summed E-state index contributed by atoms with van der Waals surface area (Å²) >= 11 is 0. The van der Waals surface area contributed by atoms with Gasteiger partial charge in [0.25, 0.3) is 0 Å². The van der Waals surface area contributed by atoms with Gasteiger partial charge in [-0.3, -0.25) is 9.98 Å². The fourth-order valence-electron chi connectivity index (χ4n) is 0.491. The summed E-state index contributed by atoms with van der Waals surface area (Å²) in [5.41, 5.74) is 1.11. The van der Waals surface area contributed by atoms with Crippen LogP contribution in [-0.2, 0) is 0 Å². The first-order valence-corrected chi connectivity index (χ1v) is 2.78. The van der Waals surface area contributed by atoms with Crippen LogP contribution < -0.4 is 0 Å². The minimum atomic E-state index is 1.11. The third-order valence-electron chi connectivity index (χ3n) is 0.940. The Morgan fingerprint density at radius 1 is 1.22 bits per heavy atom. The molecule has 0 radical (unpaired) electrons. The van der Waals surface area contributed by atoms with Crippen LogP contribution in [-0.4, -0.2) is 12.4 Å². The number of nitrogens with zero attached hydrogens (tertiary/aromatic N) is 2. The molecule has 0 spiro atoms. The molecule has 0 aromatic carbocycles. The van der Waals surface area contributed by atoms with Crippen molar-refractivity contribution < 1.29 is 0 Å². The second kappa shape index (κ2) is 2.97. The highest BCUT2D eigenvalue weighted by Gasteiger charge is 1.78. The first-order chi connectivity index (χ1) is 4.39. The lowest BCUT2D eigenvalue weighted by Gasteiger charge is -1.87. The van der Waals surface area contributed by atoms with Crippen molar-refractivity contribution in [1.82, 2.24) is 0 Å². The molecule has 0 unspecified atom stereocenters. The van der Waals surface area contributed by atoms with Gasteiger partial charge in [-0.05, 0) is 18.6 Å². The second-order valence-electron chi connectivity index (χ2n) is 1.79. The highest BCUT2D eigenvalue weighted by Crippen LogP contribution is 1.95. The van der Waals surface area contributed by atoms with Crippen molar-refractivity contribution in [2.45, 2.75) is 6.92 Å². The summed E-state index contributed by atoms with van der Waals surface area (Å²) in [4.78, 5) is 7.81. The molecule has 2 heteroatoms. The molecule has 0 aromatic rings. The fraction of sp³-hybridized carbons (Fsp3) is 0.143. The lowest BCUT2D eigenvalue weighted by atomic mass is 10.3. The molecule has 46 valence electrons. The lowest BCUT2D eigenvalue weighted by molar-refractivity contribution is 1.41. The molecule has 1 rings (SSSR count). The Balaban J connectivity index is 2.77. The van der Waals surface area contributed by atoms with Gasteiger partial charge in [0.1, 0.15) is 0 Å². The maximum absolute atomic E-state index is 3.92. The Morgan fingerprint density at radius 3 is 2.89 bits per heavy atom. The van der Waals surface area contributed by atoms with Crippen LogP contribution in [0.3, 0.4) is 0 Å². The van der Waals surface area contributed by atoms with Crippen molar-refractivity contribution >= 4 is 12.4 Å². The van der Waals surface area contributed by atoms with Gasteiger partial charge in [0.05, 0.1) is 0 Å². The average molecular weight is 120 g/mol. The molecule has 0 aliphatic carbocycles. The number of allylic oxidation sites excluding steroid dienone is 2. The predicted octanol–water partition coefficient (Wildman–Crippen LogP) is 1.56. The molecule has 2 nitrogen and oxygen atoms in total. The van der Waals surface area contributed by atoms with E-state index in [1.165, 1.54) is 0 Å². The monoisotopic (exact) mass is 120 g/mol. The predicted molar refractivity (Wildman–Crippen MR) is 39.9 cm³/mol. The third kappa shape index (κ3) is 2.04. The van der Waals surface area contributed by atoms with E-state index in [2.05, 4.69) is 9.98 Å². The van der Waals surface area contributed by atoms with E-state index in [1.54, 1.807) is 24.8 Å². The first kappa shape index (κ1) is 5.95. The van der Waals surface area contributed by atoms with E-state index in [0.29, 0.717) is 0 Å². The minimum absolute atomic E-state index is 1.11. The van der Waals surface area contributed by atoms with Gasteiger partial charge in [-0.25, -0.2) is 0 Å². The highest BCUT2D eigenvalue weighted by atomic mass is 14.7. The van der Waals surface area contributed by atoms with Gasteiger partial charge in [0.2, 0.25) is 0 Å². The molecular weight excluding hydrogens is 112 g/mol. The molecule has 0 saturated carbocycles. The van der Waals surface area contributed by atoms with Gasteiger partial charge >= 0.3 is 0 Å². The third-order valence-corrected chi connectivity index (χ3v) is 0.940. The Kier molecular flexibility index (Phi) is 1.96. The fourth-order valence-corrected chi connectivity index (χ4v) is 0.491. The number of aliphatic imine (C=N–C) groups is 2. The Hall–Kier alpha value is -1.18. The molecule has 0 amide bonds. The Labute approximate surface area is 54.3 Å². The summed E-state index contributed by atoms with van der Waals surface area (Å²) in [5.74, 6) is 0. The summed E-state index contributed by atoms with van der Waals surface area (Å²) < 4.78 is 0. The zero-order valence-electron chi connectivity index (χ0n) is 5.28. The molecule has 0 saturated heterocycles. The molecule has 0 aromatic heterocycles. The van der Waals surface area contributed by atoms with E-state index in [9.17, 15) is 0 Å². The van der Waals surface area contributed by atoms with E-state index in [4.69, 9.17) is 0 Å². The first-order valence-electron chi connectivity index (χ1n) is 2.78. The summed E-state index contributed by atoms with van der Waals surface area (Å²) in [6, 6.07) is 0. The van der Waals surface area contributed by atoms with Gasteiger partial charge in [-0.2, -0.15) is 0 Å². The topological polar surface area (TPSA) is 24.7 Å². The average Bonchev–Trinajstić information content (AvgIpc) is 1.79. The van der Waals surface area contributed by atoms with E-state index in [1.807, 2.05) is 13.0 Å². The largest absolute Gasteiger partial charge is 0.263 e. The number of hydrogen-bond acceptors (Lipinski definition) is 2. The van der Waals surface area contributed by atoms with Crippen LogP contribution in [0.2, 0.25) is 0 Å². The molecule has 0 atom stereocenters. The quantitative estimate of drug-likeness (QED) is 0.463. The van der Waals surface area contributed by atoms with E-state index in [-0.39, 0.29) is 0 Å². The van der Waals surface area contributed by atoms with Crippen LogP contribution in [0.1, 0.15) is 6.92 Å². The molecule has 0 N–H and O–H groups in total. The van der Waals surface area contributed by atoms with Crippen LogP contribution in [0.5, 0.6) is 0 Å². The lowest BCUT2D eigenvalue weighted by Crippen LogP contribution is -1.76. The number of hydrogen-bond donors (Lipinski definition) is 0. The van der Waals surface area contributed by atoms with Gasteiger partial charge in [0, 0.05) is 24.8 Å². The normalized spacial score (nSPS) is 16.8. The van der Waals surface area contributed by atoms with Crippen molar-refractivity contribution in [3.05, 3.63) is 24.0 Å². The molecule has 9 heavy (non-hydrogen) atoms. The van der Waals surface area contributed by atoms with Crippen molar-refractivity contribution in [3.63, 3.8) is 0 Å². The van der Waals surface area contributed by atoms with E-state index < -0.39 is 0 Å². The van der Waals surface area contributed by atoms with Gasteiger partial charge in [0.15, 0.2) is 0 Å². The molecule has 0 bridgehead atoms. The summed E-state index contributed by atoms with van der Waals surface area (Å²) in [5, 5.41) is 0. The zero-order chi connectivity index (χ0) is 6.53. The van der Waals surface area contributed by atoms with Crippen LogP contribution in [0.25, 0.3) is 0 Å². The number of rotatable bonds is 0. The highest BCUT2D eigenvalue weighted by molar-refractivity contribution is 6.16. The Morgan fingerprint density at radius 2 is 2.00 bits per heavy atom. The van der Waals surface area contributed by atoms with Crippen molar-refractivity contribution in [3.8, 4) is 0 Å². The molecule has 0 fully saturated rings. The summed E-state index contributed by atoms with van der Waals surface area (Å²) in [7, 11) is 0. The molecule has 1 aliphatic heterocycles. The van der Waals surface area contributed by atoms with E-state index in [0.717, 1.165) is 5.57 Å². The zero-order valence-corrected chi connectivity index (χ0v) is 5.28. The SMILES string of the molecule is CC1=CN=CC=NC=C1. The molecular formula is C7H8N2. The van der Waals surface area contributed by atoms with Gasteiger partial charge < -0.3 is 0 Å². The minimum Gasteiger partial charge on any atom is -0.263 e. The van der Waals surface area contributed by atoms with E-state index >= 15 is 0 Å². The Bertz CT molecular complexity index is 197. The van der Waals surface area contributed by atoms with Crippen molar-refractivity contribution in [2.75, 3.05) is 0 Å². The van der Waals surface area contributed by atoms with Crippen molar-refractivity contribution in [1.29, 1.82) is 0 Å². The second-order valence-corrected chi connectivity index (χ2v) is 1.79. The summed E-state index contributed by atoms with van der Waals surface area (Å²) in [6.07, 6.45) is 8.76. The van der Waals surface area contributed by atoms with Gasteiger partial charge in [-0.1, -0.05) is 0 Å². The maximum atomic E-state index is 3.92. The van der Waals surface area contributed by atoms with Crippen LogP contribution in [0.15, 0.2) is 34.0 Å².